The predicted octanol–water partition coefficient (Wildman–Crippen LogP) is 5.13. The van der Waals surface area contributed by atoms with Crippen LogP contribution >= 0.6 is 27.5 Å². The third-order valence-electron chi connectivity index (χ3n) is 9.82. The number of para-hydroxylation sites is 1. The minimum Gasteiger partial charge on any atom is -0.455 e. The van der Waals surface area contributed by atoms with E-state index >= 15 is 0 Å². The molecule has 49 heavy (non-hydrogen) atoms. The number of hydrogen-bond acceptors (Lipinski definition) is 7. The average Bonchev–Trinajstić information content (AvgIpc) is 3.69. The highest BCUT2D eigenvalue weighted by Gasteiger charge is 2.77. The molecule has 262 valence electrons. The number of nitrogens with one attached hydrogen (secondary N) is 1. The molecule has 3 saturated heterocycles. The Bertz CT molecular complexity index is 1570. The number of aliphatic hydroxyl groups excluding tert-OH is 1. The second-order valence-corrected chi connectivity index (χ2v) is 14.4. The van der Waals surface area contributed by atoms with E-state index in [1.807, 2.05) is 37.3 Å². The molecule has 1 unspecified atom stereocenters. The second-order valence-electron chi connectivity index (χ2n) is 12.8. The van der Waals surface area contributed by atoms with Gasteiger partial charge in [-0.1, -0.05) is 89.1 Å². The van der Waals surface area contributed by atoms with E-state index in [2.05, 4.69) is 34.4 Å². The maximum atomic E-state index is 14.8. The van der Waals surface area contributed by atoms with Crippen LogP contribution in [-0.2, 0) is 28.7 Å². The van der Waals surface area contributed by atoms with E-state index in [-0.39, 0.29) is 30.1 Å². The lowest BCUT2D eigenvalue weighted by molar-refractivity contribution is -0.162. The van der Waals surface area contributed by atoms with Crippen LogP contribution < -0.4 is 10.2 Å². The summed E-state index contributed by atoms with van der Waals surface area (Å²) in [7, 11) is 0. The molecular formula is C37H43BrClN3O7. The Balaban J connectivity index is 1.53. The quantitative estimate of drug-likeness (QED) is 0.147. The summed E-state index contributed by atoms with van der Waals surface area (Å²) in [6, 6.07) is 13.5. The number of anilines is 1. The van der Waals surface area contributed by atoms with Gasteiger partial charge in [0.15, 0.2) is 0 Å². The molecule has 2 bridgehead atoms. The van der Waals surface area contributed by atoms with Crippen LogP contribution in [0.5, 0.6) is 0 Å². The third kappa shape index (κ3) is 6.82. The highest BCUT2D eigenvalue weighted by Crippen LogP contribution is 2.61. The molecule has 0 saturated carbocycles. The van der Waals surface area contributed by atoms with Crippen LogP contribution in [0.25, 0.3) is 0 Å². The molecule has 0 aromatic heterocycles. The average molecular weight is 757 g/mol. The molecule has 2 aromatic carbocycles. The topological polar surface area (TPSA) is 125 Å². The van der Waals surface area contributed by atoms with Crippen molar-refractivity contribution in [3.05, 3.63) is 90.5 Å². The van der Waals surface area contributed by atoms with Crippen molar-refractivity contribution in [2.75, 3.05) is 18.1 Å². The van der Waals surface area contributed by atoms with Crippen molar-refractivity contribution >= 4 is 56.9 Å². The maximum Gasteiger partial charge on any atom is 0.313 e. The summed E-state index contributed by atoms with van der Waals surface area (Å²) in [5.74, 6) is -3.92. The Labute approximate surface area is 300 Å². The number of esters is 1. The fraction of sp³-hybridized carbons (Fsp3) is 0.459. The number of alkyl halides is 1. The maximum absolute atomic E-state index is 14.8. The molecule has 3 aliphatic heterocycles. The van der Waals surface area contributed by atoms with Crippen molar-refractivity contribution < 1.29 is 33.8 Å². The highest BCUT2D eigenvalue weighted by molar-refractivity contribution is 9.09. The van der Waals surface area contributed by atoms with Crippen LogP contribution in [0.4, 0.5) is 5.69 Å². The van der Waals surface area contributed by atoms with Crippen molar-refractivity contribution in [1.82, 2.24) is 10.2 Å². The minimum absolute atomic E-state index is 0.0968. The number of aliphatic hydroxyl groups is 1. The van der Waals surface area contributed by atoms with Crippen molar-refractivity contribution in [2.45, 2.75) is 80.3 Å². The van der Waals surface area contributed by atoms with Crippen LogP contribution in [0.2, 0.25) is 5.02 Å². The Morgan fingerprint density at radius 1 is 1.18 bits per heavy atom. The van der Waals surface area contributed by atoms with Gasteiger partial charge in [0.1, 0.15) is 17.7 Å². The summed E-state index contributed by atoms with van der Waals surface area (Å²) >= 11 is 10.3. The standard InChI is InChI=1S/C37H43BrClN3O7/c1-5-8-18-28(44)40-22(4)31(23-14-10-9-11-15-23)48-36(47)29-30-34(45)42(24(7-3)21-43)33(37(30)20-25(38)32(29)49-37)35(46)41(19-6-2)27-17-13-12-16-26(27)39/h5-6,9-17,22,24-25,29-33,43H,1-2,7-8,18-21H2,3-4H3,(H,40,44)/t22-,24+,25?,29-,30+,31-,32-,33-,37+/m1/s1. The summed E-state index contributed by atoms with van der Waals surface area (Å²) in [4.78, 5) is 59.0. The zero-order chi connectivity index (χ0) is 35.5. The lowest BCUT2D eigenvalue weighted by Gasteiger charge is -2.39. The first-order valence-corrected chi connectivity index (χ1v) is 17.9. The summed E-state index contributed by atoms with van der Waals surface area (Å²) < 4.78 is 12.9. The fourth-order valence-electron chi connectivity index (χ4n) is 7.62. The van der Waals surface area contributed by atoms with Crippen molar-refractivity contribution in [1.29, 1.82) is 0 Å². The fourth-order valence-corrected chi connectivity index (χ4v) is 8.80. The van der Waals surface area contributed by atoms with E-state index in [0.717, 1.165) is 0 Å². The van der Waals surface area contributed by atoms with Gasteiger partial charge in [0.05, 0.1) is 47.3 Å². The number of rotatable bonds is 15. The smallest absolute Gasteiger partial charge is 0.313 e. The molecule has 1 spiro atoms. The van der Waals surface area contributed by atoms with Gasteiger partial charge < -0.3 is 29.7 Å². The number of fused-ring (bicyclic) bond motifs is 1. The molecule has 3 amide bonds. The van der Waals surface area contributed by atoms with Gasteiger partial charge in [-0.3, -0.25) is 19.2 Å². The molecule has 2 aromatic rings. The SMILES string of the molecule is C=CCCC(=O)N[C@H](C)[C@@H](OC(=O)[C@H]1[C@@H]2O[C@@]3(CC2Br)[C@@H]1C(=O)N([C@@H](CC)CO)[C@@H]3C(=O)N(CC=C)c1ccccc1Cl)c1ccccc1. The minimum atomic E-state index is -1.40. The van der Waals surface area contributed by atoms with Crippen molar-refractivity contribution in [3.63, 3.8) is 0 Å². The monoisotopic (exact) mass is 755 g/mol. The molecule has 2 N–H and O–H groups in total. The van der Waals surface area contributed by atoms with Gasteiger partial charge in [0, 0.05) is 17.8 Å². The van der Waals surface area contributed by atoms with Gasteiger partial charge in [-0.25, -0.2) is 0 Å². The van der Waals surface area contributed by atoms with E-state index in [1.165, 1.54) is 9.80 Å². The van der Waals surface area contributed by atoms with Crippen LogP contribution in [-0.4, -0.2) is 81.5 Å². The third-order valence-corrected chi connectivity index (χ3v) is 11.0. The van der Waals surface area contributed by atoms with E-state index < -0.39 is 72.2 Å². The van der Waals surface area contributed by atoms with Gasteiger partial charge in [-0.15, -0.1) is 13.2 Å². The van der Waals surface area contributed by atoms with Crippen molar-refractivity contribution in [3.8, 4) is 0 Å². The van der Waals surface area contributed by atoms with Gasteiger partial charge in [0.2, 0.25) is 11.8 Å². The van der Waals surface area contributed by atoms with Gasteiger partial charge in [0.25, 0.3) is 5.91 Å². The Morgan fingerprint density at radius 3 is 2.51 bits per heavy atom. The van der Waals surface area contributed by atoms with Crippen LogP contribution in [0.15, 0.2) is 79.9 Å². The molecule has 3 aliphatic rings. The first-order chi connectivity index (χ1) is 23.5. The molecule has 12 heteroatoms. The number of ether oxygens (including phenoxy) is 2. The molecule has 10 nitrogen and oxygen atoms in total. The lowest BCUT2D eigenvalue weighted by Crippen LogP contribution is -2.59. The molecule has 3 fully saturated rings. The summed E-state index contributed by atoms with van der Waals surface area (Å²) in [5, 5.41) is 13.7. The molecule has 9 atom stereocenters. The second kappa shape index (κ2) is 15.6. The van der Waals surface area contributed by atoms with Gasteiger partial charge in [-0.05, 0) is 43.9 Å². The summed E-state index contributed by atoms with van der Waals surface area (Å²) in [6.07, 6.45) is 2.95. The van der Waals surface area contributed by atoms with Crippen LogP contribution in [0, 0.1) is 11.8 Å². The van der Waals surface area contributed by atoms with E-state index in [9.17, 15) is 24.3 Å². The lowest BCUT2D eigenvalue weighted by atomic mass is 9.70. The number of carbonyl (C=O) groups excluding carboxylic acids is 4. The van der Waals surface area contributed by atoms with E-state index in [0.29, 0.717) is 29.1 Å². The zero-order valence-electron chi connectivity index (χ0n) is 27.7. The molecule has 0 radical (unpaired) electrons. The number of benzene rings is 2. The van der Waals surface area contributed by atoms with Gasteiger partial charge in [-0.2, -0.15) is 0 Å². The first kappa shape index (κ1) is 36.8. The number of halogens is 2. The summed E-state index contributed by atoms with van der Waals surface area (Å²) in [5.41, 5.74) is -0.292. The number of hydrogen-bond donors (Lipinski definition) is 2. The molecule has 3 heterocycles. The number of nitrogens with zero attached hydrogens (tertiary/aromatic N) is 2. The highest BCUT2D eigenvalue weighted by atomic mass is 79.9. The normalized spacial score (nSPS) is 27.2. The Morgan fingerprint density at radius 2 is 1.88 bits per heavy atom. The first-order valence-electron chi connectivity index (χ1n) is 16.6. The zero-order valence-corrected chi connectivity index (χ0v) is 30.0. The molecular weight excluding hydrogens is 714 g/mol. The van der Waals surface area contributed by atoms with E-state index in [1.54, 1.807) is 43.3 Å². The summed E-state index contributed by atoms with van der Waals surface area (Å²) in [6.45, 7) is 10.8. The number of likely N-dealkylation sites (tertiary alicyclic amines) is 1. The number of allylic oxidation sites excluding steroid dienone is 1. The predicted molar refractivity (Wildman–Crippen MR) is 190 cm³/mol. The van der Waals surface area contributed by atoms with Gasteiger partial charge >= 0.3 is 5.97 Å². The largest absolute Gasteiger partial charge is 0.455 e. The van der Waals surface area contributed by atoms with Crippen LogP contribution in [0.3, 0.4) is 0 Å². The number of carbonyl (C=O) groups is 4. The van der Waals surface area contributed by atoms with Crippen LogP contribution in [0.1, 0.15) is 51.2 Å². The Kier molecular flexibility index (Phi) is 11.7. The Hall–Kier alpha value is -3.51. The van der Waals surface area contributed by atoms with Crippen molar-refractivity contribution in [2.24, 2.45) is 11.8 Å². The van der Waals surface area contributed by atoms with E-state index in [4.69, 9.17) is 21.1 Å². The molecule has 0 aliphatic carbocycles. The molecule has 5 rings (SSSR count). The number of amides is 3.